The number of anilines is 1. The van der Waals surface area contributed by atoms with Gasteiger partial charge in [-0.05, 0) is 60.4 Å². The van der Waals surface area contributed by atoms with Crippen molar-refractivity contribution >= 4 is 16.6 Å². The van der Waals surface area contributed by atoms with Crippen molar-refractivity contribution in [1.29, 1.82) is 0 Å². The highest BCUT2D eigenvalue weighted by Gasteiger charge is 2.22. The second-order valence-corrected chi connectivity index (χ2v) is 5.58. The maximum absolute atomic E-state index is 5.35. The lowest BCUT2D eigenvalue weighted by Gasteiger charge is -2.16. The highest BCUT2D eigenvalue weighted by molar-refractivity contribution is 5.83. The molecule has 3 aromatic rings. The van der Waals surface area contributed by atoms with Crippen LogP contribution >= 0.6 is 0 Å². The van der Waals surface area contributed by atoms with Gasteiger partial charge < -0.3 is 15.0 Å². The van der Waals surface area contributed by atoms with E-state index in [1.807, 2.05) is 12.3 Å². The van der Waals surface area contributed by atoms with Crippen molar-refractivity contribution < 1.29 is 4.74 Å². The molecule has 3 heteroatoms. The van der Waals surface area contributed by atoms with Crippen molar-refractivity contribution in [2.75, 3.05) is 12.4 Å². The van der Waals surface area contributed by atoms with Crippen LogP contribution in [0.4, 0.5) is 5.69 Å². The number of rotatable bonds is 3. The first-order valence-corrected chi connectivity index (χ1v) is 7.34. The first-order chi connectivity index (χ1) is 10.3. The average Bonchev–Trinajstić information content (AvgIpc) is 3.13. The van der Waals surface area contributed by atoms with Gasteiger partial charge in [0.1, 0.15) is 5.75 Å². The van der Waals surface area contributed by atoms with Crippen LogP contribution in [-0.2, 0) is 6.42 Å². The summed E-state index contributed by atoms with van der Waals surface area (Å²) in [5.41, 5.74) is 5.14. The topological polar surface area (TPSA) is 37.0 Å². The average molecular weight is 278 g/mol. The molecule has 0 bridgehead atoms. The number of ether oxygens (including phenoxy) is 1. The lowest BCUT2D eigenvalue weighted by Crippen LogP contribution is -2.07. The van der Waals surface area contributed by atoms with Crippen LogP contribution in [-0.4, -0.2) is 12.1 Å². The van der Waals surface area contributed by atoms with Crippen LogP contribution in [0.3, 0.4) is 0 Å². The van der Waals surface area contributed by atoms with E-state index in [0.29, 0.717) is 6.04 Å². The largest absolute Gasteiger partial charge is 0.497 e. The number of aromatic nitrogens is 1. The quantitative estimate of drug-likeness (QED) is 0.750. The number of hydrogen-bond donors (Lipinski definition) is 2. The Bertz CT molecular complexity index is 791. The van der Waals surface area contributed by atoms with Crippen molar-refractivity contribution in [3.8, 4) is 5.75 Å². The Morgan fingerprint density at radius 1 is 1.14 bits per heavy atom. The molecule has 106 valence electrons. The molecule has 1 heterocycles. The lowest BCUT2D eigenvalue weighted by atomic mass is 10.1. The Hall–Kier alpha value is -2.42. The van der Waals surface area contributed by atoms with Gasteiger partial charge in [0.25, 0.3) is 0 Å². The molecule has 1 aliphatic carbocycles. The van der Waals surface area contributed by atoms with Gasteiger partial charge in [0.15, 0.2) is 0 Å². The number of aromatic amines is 1. The Morgan fingerprint density at radius 3 is 3.00 bits per heavy atom. The number of fused-ring (bicyclic) bond motifs is 2. The molecular weight excluding hydrogens is 260 g/mol. The Labute approximate surface area is 123 Å². The van der Waals surface area contributed by atoms with E-state index in [1.165, 1.54) is 27.7 Å². The van der Waals surface area contributed by atoms with E-state index in [1.54, 1.807) is 7.11 Å². The molecule has 0 fully saturated rings. The van der Waals surface area contributed by atoms with E-state index in [4.69, 9.17) is 4.74 Å². The molecule has 0 aliphatic heterocycles. The second-order valence-electron chi connectivity index (χ2n) is 5.58. The zero-order chi connectivity index (χ0) is 14.2. The summed E-state index contributed by atoms with van der Waals surface area (Å²) < 4.78 is 5.35. The maximum Gasteiger partial charge on any atom is 0.119 e. The summed E-state index contributed by atoms with van der Waals surface area (Å²) in [6.07, 6.45) is 4.24. The molecule has 2 aromatic carbocycles. The minimum atomic E-state index is 0.367. The molecule has 0 saturated carbocycles. The number of H-pyrrole nitrogens is 1. The van der Waals surface area contributed by atoms with Crippen LogP contribution in [0.2, 0.25) is 0 Å². The standard InChI is InChI=1S/C18H18N2O/c1-21-15-5-2-12-3-6-18(16(12)11-15)20-14-4-7-17-13(10-14)8-9-19-17/h2,4-5,7-11,18-20H,3,6H2,1H3. The number of nitrogens with one attached hydrogen (secondary N) is 2. The van der Waals surface area contributed by atoms with Crippen LogP contribution in [0, 0.1) is 0 Å². The fraction of sp³-hybridized carbons (Fsp3) is 0.222. The summed E-state index contributed by atoms with van der Waals surface area (Å²) in [5.74, 6) is 0.934. The van der Waals surface area contributed by atoms with Gasteiger partial charge in [-0.3, -0.25) is 0 Å². The van der Waals surface area contributed by atoms with Crippen LogP contribution in [0.15, 0.2) is 48.7 Å². The van der Waals surface area contributed by atoms with E-state index in [9.17, 15) is 0 Å². The highest BCUT2D eigenvalue weighted by Crippen LogP contribution is 2.36. The number of benzene rings is 2. The van der Waals surface area contributed by atoms with Crippen LogP contribution in [0.5, 0.6) is 5.75 Å². The summed E-state index contributed by atoms with van der Waals surface area (Å²) >= 11 is 0. The van der Waals surface area contributed by atoms with Gasteiger partial charge in [-0.25, -0.2) is 0 Å². The maximum atomic E-state index is 5.35. The third kappa shape index (κ3) is 2.15. The van der Waals surface area contributed by atoms with Gasteiger partial charge in [0.05, 0.1) is 13.2 Å². The van der Waals surface area contributed by atoms with Gasteiger partial charge in [0, 0.05) is 22.8 Å². The highest BCUT2D eigenvalue weighted by atomic mass is 16.5. The molecule has 21 heavy (non-hydrogen) atoms. The van der Waals surface area contributed by atoms with Crippen molar-refractivity contribution in [2.24, 2.45) is 0 Å². The van der Waals surface area contributed by atoms with Gasteiger partial charge in [-0.2, -0.15) is 0 Å². The molecular formula is C18H18N2O. The van der Waals surface area contributed by atoms with Crippen molar-refractivity contribution in [1.82, 2.24) is 4.98 Å². The van der Waals surface area contributed by atoms with E-state index >= 15 is 0 Å². The normalized spacial score (nSPS) is 16.9. The molecule has 2 N–H and O–H groups in total. The molecule has 1 aliphatic rings. The van der Waals surface area contributed by atoms with E-state index in [2.05, 4.69) is 46.7 Å². The van der Waals surface area contributed by atoms with Crippen LogP contribution < -0.4 is 10.1 Å². The number of hydrogen-bond acceptors (Lipinski definition) is 2. The molecule has 3 nitrogen and oxygen atoms in total. The predicted molar refractivity (Wildman–Crippen MR) is 86.0 cm³/mol. The summed E-state index contributed by atoms with van der Waals surface area (Å²) in [5, 5.41) is 4.90. The minimum Gasteiger partial charge on any atom is -0.497 e. The van der Waals surface area contributed by atoms with Gasteiger partial charge in [-0.1, -0.05) is 6.07 Å². The molecule has 0 amide bonds. The zero-order valence-electron chi connectivity index (χ0n) is 12.0. The molecule has 1 atom stereocenters. The van der Waals surface area contributed by atoms with Crippen molar-refractivity contribution in [2.45, 2.75) is 18.9 Å². The summed E-state index contributed by atoms with van der Waals surface area (Å²) in [7, 11) is 1.72. The summed E-state index contributed by atoms with van der Waals surface area (Å²) in [4.78, 5) is 3.23. The van der Waals surface area contributed by atoms with E-state index in [-0.39, 0.29) is 0 Å². The molecule has 0 radical (unpaired) electrons. The fourth-order valence-electron chi connectivity index (χ4n) is 3.20. The second kappa shape index (κ2) is 4.85. The third-order valence-electron chi connectivity index (χ3n) is 4.32. The Balaban J connectivity index is 1.64. The molecule has 1 aromatic heterocycles. The minimum absolute atomic E-state index is 0.367. The van der Waals surface area contributed by atoms with Crippen LogP contribution in [0.25, 0.3) is 10.9 Å². The smallest absolute Gasteiger partial charge is 0.119 e. The Morgan fingerprint density at radius 2 is 2.10 bits per heavy atom. The summed E-state index contributed by atoms with van der Waals surface area (Å²) in [6, 6.07) is 15.3. The molecule has 0 saturated heterocycles. The first kappa shape index (κ1) is 12.3. The van der Waals surface area contributed by atoms with Crippen molar-refractivity contribution in [3.63, 3.8) is 0 Å². The van der Waals surface area contributed by atoms with Gasteiger partial charge in [0.2, 0.25) is 0 Å². The third-order valence-corrected chi connectivity index (χ3v) is 4.32. The van der Waals surface area contributed by atoms with E-state index < -0.39 is 0 Å². The lowest BCUT2D eigenvalue weighted by molar-refractivity contribution is 0.414. The number of methoxy groups -OCH3 is 1. The van der Waals surface area contributed by atoms with Crippen LogP contribution in [0.1, 0.15) is 23.6 Å². The molecule has 1 unspecified atom stereocenters. The number of aryl methyl sites for hydroxylation is 1. The fourth-order valence-corrected chi connectivity index (χ4v) is 3.20. The van der Waals surface area contributed by atoms with E-state index in [0.717, 1.165) is 18.6 Å². The monoisotopic (exact) mass is 278 g/mol. The zero-order valence-corrected chi connectivity index (χ0v) is 12.0. The molecule has 0 spiro atoms. The van der Waals surface area contributed by atoms with Crippen molar-refractivity contribution in [3.05, 3.63) is 59.8 Å². The summed E-state index contributed by atoms with van der Waals surface area (Å²) in [6.45, 7) is 0. The predicted octanol–water partition coefficient (Wildman–Crippen LogP) is 4.28. The first-order valence-electron chi connectivity index (χ1n) is 7.34. The SMILES string of the molecule is COc1ccc2c(c1)C(Nc1ccc3[nH]ccc3c1)CC2. The Kier molecular flexibility index (Phi) is 2.85. The molecule has 4 rings (SSSR count). The van der Waals surface area contributed by atoms with Gasteiger partial charge in [-0.15, -0.1) is 0 Å². The van der Waals surface area contributed by atoms with Gasteiger partial charge >= 0.3 is 0 Å².